The van der Waals surface area contributed by atoms with Crippen molar-refractivity contribution in [1.82, 2.24) is 10.6 Å². The maximum Gasteiger partial charge on any atom is 0.224 e. The first-order valence-corrected chi connectivity index (χ1v) is 6.43. The van der Waals surface area contributed by atoms with Gasteiger partial charge in [-0.1, -0.05) is 18.2 Å². The Balaban J connectivity index is 1.90. The Bertz CT molecular complexity index is 422. The van der Waals surface area contributed by atoms with E-state index in [-0.39, 0.29) is 30.2 Å². The quantitative estimate of drug-likeness (QED) is 0.856. The van der Waals surface area contributed by atoms with Crippen molar-refractivity contribution in [2.75, 3.05) is 6.54 Å². The van der Waals surface area contributed by atoms with Crippen molar-refractivity contribution in [3.8, 4) is 0 Å². The molecule has 1 heterocycles. The molecule has 4 heteroatoms. The molecule has 2 N–H and O–H groups in total. The normalized spacial score (nSPS) is 23.7. The SMILES string of the molecule is CC1NCCCC1NC(=O)Cc1ccccc1F. The van der Waals surface area contributed by atoms with Crippen molar-refractivity contribution in [2.24, 2.45) is 0 Å². The Labute approximate surface area is 107 Å². The summed E-state index contributed by atoms with van der Waals surface area (Å²) in [7, 11) is 0. The molecular formula is C14H19FN2O. The van der Waals surface area contributed by atoms with Crippen molar-refractivity contribution >= 4 is 5.91 Å². The van der Waals surface area contributed by atoms with Gasteiger partial charge < -0.3 is 10.6 Å². The second kappa shape index (κ2) is 5.96. The van der Waals surface area contributed by atoms with E-state index in [0.29, 0.717) is 5.56 Å². The molecule has 1 aromatic rings. The lowest BCUT2D eigenvalue weighted by atomic mass is 9.99. The van der Waals surface area contributed by atoms with Gasteiger partial charge in [-0.05, 0) is 37.9 Å². The molecule has 1 aliphatic heterocycles. The molecule has 1 aliphatic rings. The number of piperidine rings is 1. The minimum absolute atomic E-state index is 0.107. The molecule has 2 rings (SSSR count). The standard InChI is InChI=1S/C14H19FN2O/c1-10-13(7-4-8-16-10)17-14(18)9-11-5-2-3-6-12(11)15/h2-3,5-6,10,13,16H,4,7-9H2,1H3,(H,17,18). The number of nitrogens with one attached hydrogen (secondary N) is 2. The number of carbonyl (C=O) groups excluding carboxylic acids is 1. The van der Waals surface area contributed by atoms with Crippen LogP contribution < -0.4 is 10.6 Å². The minimum Gasteiger partial charge on any atom is -0.352 e. The highest BCUT2D eigenvalue weighted by Gasteiger charge is 2.22. The van der Waals surface area contributed by atoms with Gasteiger partial charge in [0.1, 0.15) is 5.82 Å². The number of hydrogen-bond acceptors (Lipinski definition) is 2. The molecule has 0 radical (unpaired) electrons. The fraction of sp³-hybridized carbons (Fsp3) is 0.500. The van der Waals surface area contributed by atoms with Gasteiger partial charge in [0, 0.05) is 12.1 Å². The molecule has 0 aliphatic carbocycles. The third-order valence-corrected chi connectivity index (χ3v) is 3.42. The fourth-order valence-corrected chi connectivity index (χ4v) is 2.31. The summed E-state index contributed by atoms with van der Waals surface area (Å²) in [4.78, 5) is 11.9. The maximum absolute atomic E-state index is 13.4. The summed E-state index contributed by atoms with van der Waals surface area (Å²) in [5.74, 6) is -0.428. The molecule has 18 heavy (non-hydrogen) atoms. The van der Waals surface area contributed by atoms with Gasteiger partial charge in [0.2, 0.25) is 5.91 Å². The zero-order valence-electron chi connectivity index (χ0n) is 10.6. The Kier molecular flexibility index (Phi) is 4.31. The van der Waals surface area contributed by atoms with Crippen LogP contribution >= 0.6 is 0 Å². The van der Waals surface area contributed by atoms with Crippen LogP contribution in [-0.4, -0.2) is 24.5 Å². The molecular weight excluding hydrogens is 231 g/mol. The summed E-state index contributed by atoms with van der Waals surface area (Å²) in [5, 5.41) is 6.30. The van der Waals surface area contributed by atoms with E-state index in [0.717, 1.165) is 19.4 Å². The van der Waals surface area contributed by atoms with Crippen molar-refractivity contribution in [3.05, 3.63) is 35.6 Å². The maximum atomic E-state index is 13.4. The van der Waals surface area contributed by atoms with E-state index in [1.807, 2.05) is 0 Å². The van der Waals surface area contributed by atoms with Crippen LogP contribution in [0.15, 0.2) is 24.3 Å². The van der Waals surface area contributed by atoms with E-state index < -0.39 is 0 Å². The van der Waals surface area contributed by atoms with Crippen molar-refractivity contribution < 1.29 is 9.18 Å². The van der Waals surface area contributed by atoms with E-state index in [2.05, 4.69) is 17.6 Å². The Morgan fingerprint density at radius 3 is 3.00 bits per heavy atom. The zero-order valence-corrected chi connectivity index (χ0v) is 10.6. The predicted octanol–water partition coefficient (Wildman–Crippen LogP) is 1.62. The van der Waals surface area contributed by atoms with E-state index in [9.17, 15) is 9.18 Å². The monoisotopic (exact) mass is 250 g/mol. The van der Waals surface area contributed by atoms with Crippen molar-refractivity contribution in [2.45, 2.75) is 38.3 Å². The average Bonchev–Trinajstić information content (AvgIpc) is 2.35. The topological polar surface area (TPSA) is 41.1 Å². The molecule has 1 fully saturated rings. The summed E-state index contributed by atoms with van der Waals surface area (Å²) in [6, 6.07) is 6.84. The number of amides is 1. The molecule has 1 amide bonds. The van der Waals surface area contributed by atoms with Gasteiger partial charge in [-0.2, -0.15) is 0 Å². The van der Waals surface area contributed by atoms with Gasteiger partial charge in [-0.3, -0.25) is 4.79 Å². The highest BCUT2D eigenvalue weighted by atomic mass is 19.1. The van der Waals surface area contributed by atoms with Crippen LogP contribution in [0.4, 0.5) is 4.39 Å². The summed E-state index contributed by atoms with van der Waals surface area (Å²) < 4.78 is 13.4. The summed E-state index contributed by atoms with van der Waals surface area (Å²) in [5.41, 5.74) is 0.450. The van der Waals surface area contributed by atoms with Crippen LogP contribution in [-0.2, 0) is 11.2 Å². The molecule has 0 saturated carbocycles. The summed E-state index contributed by atoms with van der Waals surface area (Å²) >= 11 is 0. The van der Waals surface area contributed by atoms with Crippen LogP contribution in [0.3, 0.4) is 0 Å². The summed E-state index contributed by atoms with van der Waals surface area (Å²) in [6.07, 6.45) is 2.15. The van der Waals surface area contributed by atoms with Crippen molar-refractivity contribution in [3.63, 3.8) is 0 Å². The number of carbonyl (C=O) groups is 1. The van der Waals surface area contributed by atoms with Gasteiger partial charge in [-0.15, -0.1) is 0 Å². The first kappa shape index (κ1) is 13.0. The lowest BCUT2D eigenvalue weighted by Crippen LogP contribution is -2.52. The lowest BCUT2D eigenvalue weighted by molar-refractivity contribution is -0.121. The third kappa shape index (κ3) is 3.29. The van der Waals surface area contributed by atoms with Gasteiger partial charge in [0.25, 0.3) is 0 Å². The first-order chi connectivity index (χ1) is 8.66. The number of benzene rings is 1. The van der Waals surface area contributed by atoms with Gasteiger partial charge in [-0.25, -0.2) is 4.39 Å². The van der Waals surface area contributed by atoms with Crippen LogP contribution in [0.25, 0.3) is 0 Å². The largest absolute Gasteiger partial charge is 0.352 e. The van der Waals surface area contributed by atoms with Crippen LogP contribution in [0.1, 0.15) is 25.3 Å². The Morgan fingerprint density at radius 1 is 1.50 bits per heavy atom. The van der Waals surface area contributed by atoms with E-state index in [1.165, 1.54) is 6.07 Å². The van der Waals surface area contributed by atoms with Crippen molar-refractivity contribution in [1.29, 1.82) is 0 Å². The highest BCUT2D eigenvalue weighted by molar-refractivity contribution is 5.79. The molecule has 2 unspecified atom stereocenters. The fourth-order valence-electron chi connectivity index (χ4n) is 2.31. The number of hydrogen-bond donors (Lipinski definition) is 2. The third-order valence-electron chi connectivity index (χ3n) is 3.42. The first-order valence-electron chi connectivity index (χ1n) is 6.43. The van der Waals surface area contributed by atoms with E-state index >= 15 is 0 Å². The van der Waals surface area contributed by atoms with Crippen LogP contribution in [0.5, 0.6) is 0 Å². The van der Waals surface area contributed by atoms with Gasteiger partial charge >= 0.3 is 0 Å². The van der Waals surface area contributed by atoms with E-state index in [1.54, 1.807) is 18.2 Å². The number of halogens is 1. The Hall–Kier alpha value is -1.42. The minimum atomic E-state index is -0.317. The molecule has 1 aromatic carbocycles. The predicted molar refractivity (Wildman–Crippen MR) is 68.7 cm³/mol. The molecule has 98 valence electrons. The smallest absolute Gasteiger partial charge is 0.224 e. The highest BCUT2D eigenvalue weighted by Crippen LogP contribution is 2.10. The second-order valence-corrected chi connectivity index (χ2v) is 4.83. The zero-order chi connectivity index (χ0) is 13.0. The van der Waals surface area contributed by atoms with Gasteiger partial charge in [0.05, 0.1) is 6.42 Å². The molecule has 0 spiro atoms. The molecule has 2 atom stereocenters. The Morgan fingerprint density at radius 2 is 2.28 bits per heavy atom. The molecule has 3 nitrogen and oxygen atoms in total. The molecule has 0 bridgehead atoms. The van der Waals surface area contributed by atoms with Crippen LogP contribution in [0, 0.1) is 5.82 Å². The average molecular weight is 250 g/mol. The lowest BCUT2D eigenvalue weighted by Gasteiger charge is -2.30. The second-order valence-electron chi connectivity index (χ2n) is 4.83. The van der Waals surface area contributed by atoms with E-state index in [4.69, 9.17) is 0 Å². The molecule has 1 saturated heterocycles. The van der Waals surface area contributed by atoms with Gasteiger partial charge in [0.15, 0.2) is 0 Å². The summed E-state index contributed by atoms with van der Waals surface area (Å²) in [6.45, 7) is 3.06. The number of rotatable bonds is 3. The van der Waals surface area contributed by atoms with Crippen LogP contribution in [0.2, 0.25) is 0 Å². The molecule has 0 aromatic heterocycles.